The third-order valence-corrected chi connectivity index (χ3v) is 5.35. The van der Waals surface area contributed by atoms with Crippen molar-refractivity contribution in [1.29, 1.82) is 5.41 Å². The summed E-state index contributed by atoms with van der Waals surface area (Å²) in [5, 5.41) is 8.69. The lowest BCUT2D eigenvalue weighted by Gasteiger charge is -2.18. The summed E-state index contributed by atoms with van der Waals surface area (Å²) in [6.45, 7) is 0.582. The van der Waals surface area contributed by atoms with E-state index in [1.54, 1.807) is 33.2 Å². The summed E-state index contributed by atoms with van der Waals surface area (Å²) in [5.74, 6) is -0.172. The number of amides is 1. The standard InChI is InChI=1S/C25H24N4O2/c1-27(16-19-10-4-2-5-11-19)24(31)18-29-22-15-9-8-14-21(22)28(25(29)26)17-23(30)20-12-6-3-7-13-20/h2-15,26H,16-18H2,1H3. The first-order chi connectivity index (χ1) is 15.0. The predicted molar refractivity (Wildman–Crippen MR) is 119 cm³/mol. The number of carbonyl (C=O) groups excluding carboxylic acids is 2. The van der Waals surface area contributed by atoms with E-state index >= 15 is 0 Å². The molecule has 4 rings (SSSR count). The van der Waals surface area contributed by atoms with Crippen LogP contribution < -0.4 is 5.62 Å². The molecule has 6 nitrogen and oxygen atoms in total. The molecule has 6 heteroatoms. The topological polar surface area (TPSA) is 71.1 Å². The summed E-state index contributed by atoms with van der Waals surface area (Å²) >= 11 is 0. The van der Waals surface area contributed by atoms with E-state index in [4.69, 9.17) is 5.41 Å². The number of nitrogens with one attached hydrogen (secondary N) is 1. The number of rotatable bonds is 7. The Morgan fingerprint density at radius 1 is 0.774 bits per heavy atom. The van der Waals surface area contributed by atoms with Crippen LogP contribution in [0, 0.1) is 5.41 Å². The van der Waals surface area contributed by atoms with E-state index in [0.29, 0.717) is 12.1 Å². The Hall–Kier alpha value is -3.93. The van der Waals surface area contributed by atoms with Crippen molar-refractivity contribution in [2.75, 3.05) is 7.05 Å². The second kappa shape index (κ2) is 8.83. The molecule has 0 aliphatic carbocycles. The molecule has 0 fully saturated rings. The van der Waals surface area contributed by atoms with Gasteiger partial charge in [0.25, 0.3) is 0 Å². The molecular weight excluding hydrogens is 388 g/mol. The van der Waals surface area contributed by atoms with E-state index in [2.05, 4.69) is 0 Å². The summed E-state index contributed by atoms with van der Waals surface area (Å²) in [6, 6.07) is 26.4. The first kappa shape index (κ1) is 20.3. The van der Waals surface area contributed by atoms with Crippen molar-refractivity contribution >= 4 is 22.7 Å². The maximum absolute atomic E-state index is 12.9. The van der Waals surface area contributed by atoms with Crippen molar-refractivity contribution < 1.29 is 9.59 Å². The fraction of sp³-hybridized carbons (Fsp3) is 0.160. The Morgan fingerprint density at radius 2 is 1.29 bits per heavy atom. The first-order valence-corrected chi connectivity index (χ1v) is 10.1. The summed E-state index contributed by atoms with van der Waals surface area (Å²) in [5.41, 5.74) is 3.30. The number of fused-ring (bicyclic) bond motifs is 1. The number of hydrogen-bond acceptors (Lipinski definition) is 3. The molecule has 156 valence electrons. The molecule has 0 radical (unpaired) electrons. The molecule has 31 heavy (non-hydrogen) atoms. The highest BCUT2D eigenvalue weighted by molar-refractivity contribution is 5.96. The first-order valence-electron chi connectivity index (χ1n) is 10.1. The molecule has 0 aliphatic rings. The van der Waals surface area contributed by atoms with Crippen LogP contribution in [0.15, 0.2) is 84.9 Å². The lowest BCUT2D eigenvalue weighted by atomic mass is 10.1. The summed E-state index contributed by atoms with van der Waals surface area (Å²) in [6.07, 6.45) is 0. The second-order valence-electron chi connectivity index (χ2n) is 7.51. The molecule has 1 N–H and O–H groups in total. The van der Waals surface area contributed by atoms with Crippen LogP contribution in [0.4, 0.5) is 0 Å². The molecule has 1 heterocycles. The maximum Gasteiger partial charge on any atom is 0.242 e. The zero-order valence-electron chi connectivity index (χ0n) is 17.4. The summed E-state index contributed by atoms with van der Waals surface area (Å²) < 4.78 is 3.33. The molecule has 1 amide bonds. The number of para-hydroxylation sites is 2. The molecule has 4 aromatic rings. The van der Waals surface area contributed by atoms with Crippen LogP contribution in [0.3, 0.4) is 0 Å². The van der Waals surface area contributed by atoms with Crippen LogP contribution >= 0.6 is 0 Å². The van der Waals surface area contributed by atoms with Gasteiger partial charge in [-0.15, -0.1) is 0 Å². The molecule has 3 aromatic carbocycles. The minimum atomic E-state index is -0.0976. The minimum absolute atomic E-state index is 0.0369. The summed E-state index contributed by atoms with van der Waals surface area (Å²) in [7, 11) is 1.76. The van der Waals surface area contributed by atoms with Crippen molar-refractivity contribution in [2.24, 2.45) is 0 Å². The Labute approximate surface area is 180 Å². The lowest BCUT2D eigenvalue weighted by Crippen LogP contribution is -2.35. The highest BCUT2D eigenvalue weighted by atomic mass is 16.2. The van der Waals surface area contributed by atoms with Gasteiger partial charge in [-0.2, -0.15) is 0 Å². The van der Waals surface area contributed by atoms with Gasteiger partial charge < -0.3 is 14.0 Å². The van der Waals surface area contributed by atoms with Gasteiger partial charge in [0, 0.05) is 19.2 Å². The van der Waals surface area contributed by atoms with Crippen LogP contribution in [-0.2, 0) is 24.4 Å². The van der Waals surface area contributed by atoms with Crippen LogP contribution in [0.25, 0.3) is 11.0 Å². The van der Waals surface area contributed by atoms with E-state index in [0.717, 1.165) is 16.6 Å². The van der Waals surface area contributed by atoms with E-state index in [1.807, 2.05) is 72.8 Å². The normalized spacial score (nSPS) is 10.9. The number of aromatic nitrogens is 2. The van der Waals surface area contributed by atoms with Crippen LogP contribution in [0.1, 0.15) is 15.9 Å². The molecular formula is C25H24N4O2. The third-order valence-electron chi connectivity index (χ3n) is 5.35. The predicted octanol–water partition coefficient (Wildman–Crippen LogP) is 3.46. The van der Waals surface area contributed by atoms with E-state index < -0.39 is 0 Å². The van der Waals surface area contributed by atoms with E-state index in [1.165, 1.54) is 0 Å². The molecule has 0 bridgehead atoms. The molecule has 0 aliphatic heterocycles. The molecule has 0 unspecified atom stereocenters. The van der Waals surface area contributed by atoms with Gasteiger partial charge in [0.2, 0.25) is 11.5 Å². The molecule has 0 saturated carbocycles. The summed E-state index contributed by atoms with van der Waals surface area (Å²) in [4.78, 5) is 27.3. The average Bonchev–Trinajstić information content (AvgIpc) is 3.06. The largest absolute Gasteiger partial charge is 0.340 e. The van der Waals surface area contributed by atoms with E-state index in [-0.39, 0.29) is 30.4 Å². The number of hydrogen-bond donors (Lipinski definition) is 1. The van der Waals surface area contributed by atoms with Crippen LogP contribution in [0.5, 0.6) is 0 Å². The molecule has 0 atom stereocenters. The highest BCUT2D eigenvalue weighted by Gasteiger charge is 2.18. The quantitative estimate of drug-likeness (QED) is 0.472. The van der Waals surface area contributed by atoms with Gasteiger partial charge in [-0.1, -0.05) is 72.8 Å². The Balaban J connectivity index is 1.61. The second-order valence-corrected chi connectivity index (χ2v) is 7.51. The zero-order chi connectivity index (χ0) is 21.8. The van der Waals surface area contributed by atoms with Crippen molar-refractivity contribution in [3.63, 3.8) is 0 Å². The van der Waals surface area contributed by atoms with Crippen molar-refractivity contribution in [1.82, 2.24) is 14.0 Å². The third kappa shape index (κ3) is 4.33. The SMILES string of the molecule is CN(Cc1ccccc1)C(=O)Cn1c(=N)n(CC(=O)c2ccccc2)c2ccccc21. The van der Waals surface area contributed by atoms with Crippen molar-refractivity contribution in [3.8, 4) is 0 Å². The van der Waals surface area contributed by atoms with Crippen molar-refractivity contribution in [3.05, 3.63) is 102 Å². The van der Waals surface area contributed by atoms with Crippen LogP contribution in [0.2, 0.25) is 0 Å². The number of carbonyl (C=O) groups is 2. The average molecular weight is 412 g/mol. The van der Waals surface area contributed by atoms with Gasteiger partial charge in [-0.3, -0.25) is 15.0 Å². The number of imidazole rings is 1. The maximum atomic E-state index is 12.9. The molecule has 1 aromatic heterocycles. The number of nitrogens with zero attached hydrogens (tertiary/aromatic N) is 3. The Kier molecular flexibility index (Phi) is 5.80. The minimum Gasteiger partial charge on any atom is -0.340 e. The van der Waals surface area contributed by atoms with Gasteiger partial charge in [-0.05, 0) is 17.7 Å². The van der Waals surface area contributed by atoms with Gasteiger partial charge in [0.15, 0.2) is 5.78 Å². The van der Waals surface area contributed by atoms with Crippen LogP contribution in [-0.4, -0.2) is 32.8 Å². The van der Waals surface area contributed by atoms with Gasteiger partial charge in [-0.25, -0.2) is 0 Å². The number of Topliss-reactive ketones (excluding diaryl/α,β-unsaturated/α-hetero) is 1. The smallest absolute Gasteiger partial charge is 0.242 e. The molecule has 0 spiro atoms. The number of benzene rings is 3. The monoisotopic (exact) mass is 412 g/mol. The Bertz CT molecular complexity index is 1270. The highest BCUT2D eigenvalue weighted by Crippen LogP contribution is 2.14. The fourth-order valence-electron chi connectivity index (χ4n) is 3.68. The Morgan fingerprint density at radius 3 is 1.90 bits per heavy atom. The number of likely N-dealkylation sites (N-methyl/N-ethyl adjacent to an activating group) is 1. The van der Waals surface area contributed by atoms with E-state index in [9.17, 15) is 9.59 Å². The van der Waals surface area contributed by atoms with Gasteiger partial charge in [0.05, 0.1) is 17.6 Å². The van der Waals surface area contributed by atoms with Crippen molar-refractivity contribution in [2.45, 2.75) is 19.6 Å². The fourth-order valence-corrected chi connectivity index (χ4v) is 3.68. The van der Waals surface area contributed by atoms with Gasteiger partial charge in [0.1, 0.15) is 6.54 Å². The number of ketones is 1. The van der Waals surface area contributed by atoms with Gasteiger partial charge >= 0.3 is 0 Å². The lowest BCUT2D eigenvalue weighted by molar-refractivity contribution is -0.131. The zero-order valence-corrected chi connectivity index (χ0v) is 17.4. The molecule has 0 saturated heterocycles.